The Morgan fingerprint density at radius 2 is 1.97 bits per heavy atom. The number of nitrogens with one attached hydrogen (secondary N) is 2. The molecule has 0 amide bonds. The Morgan fingerprint density at radius 1 is 1.20 bits per heavy atom. The Labute approximate surface area is 187 Å². The smallest absolute Gasteiger partial charge is 0.253 e. The van der Waals surface area contributed by atoms with Crippen LogP contribution in [0.4, 0.5) is 0 Å². The van der Waals surface area contributed by atoms with Gasteiger partial charge in [0.25, 0.3) is 10.0 Å². The van der Waals surface area contributed by atoms with E-state index in [9.17, 15) is 8.42 Å². The lowest BCUT2D eigenvalue weighted by atomic mass is 10.4. The topological polar surface area (TPSA) is 100 Å². The van der Waals surface area contributed by atoms with Crippen LogP contribution >= 0.6 is 23.5 Å². The summed E-state index contributed by atoms with van der Waals surface area (Å²) in [6.45, 7) is 3.30. The summed E-state index contributed by atoms with van der Waals surface area (Å²) < 4.78 is 38.1. The monoisotopic (exact) mass is 474 g/mol. The summed E-state index contributed by atoms with van der Waals surface area (Å²) >= 11 is 3.30. The summed E-state index contributed by atoms with van der Waals surface area (Å²) in [5.74, 6) is 5.22. The lowest BCUT2D eigenvalue weighted by Gasteiger charge is -2.17. The Balaban J connectivity index is 1.75. The first-order valence-corrected chi connectivity index (χ1v) is 13.5. The first-order valence-electron chi connectivity index (χ1n) is 9.45. The van der Waals surface area contributed by atoms with E-state index in [0.717, 1.165) is 41.6 Å². The van der Waals surface area contributed by atoms with Crippen LogP contribution in [0.2, 0.25) is 0 Å². The maximum atomic E-state index is 11.6. The zero-order valence-corrected chi connectivity index (χ0v) is 20.2. The number of guanidine groups is 1. The Morgan fingerprint density at radius 3 is 2.63 bits per heavy atom. The fourth-order valence-corrected chi connectivity index (χ4v) is 4.39. The number of furan rings is 2. The van der Waals surface area contributed by atoms with Crippen LogP contribution in [0.3, 0.4) is 0 Å². The second-order valence-electron chi connectivity index (χ2n) is 6.94. The highest BCUT2D eigenvalue weighted by molar-refractivity contribution is 7.99. The van der Waals surface area contributed by atoms with Crippen LogP contribution in [0.15, 0.2) is 43.8 Å². The molecule has 2 N–H and O–H groups in total. The second kappa shape index (κ2) is 12.3. The molecule has 2 aromatic rings. The van der Waals surface area contributed by atoms with Gasteiger partial charge in [0.05, 0.1) is 35.9 Å². The SMILES string of the molecule is CC(NC(=NS(C)(=O)=O)NCCSCc1ccc(CN(C)C)o1)SCc1ccco1. The summed E-state index contributed by atoms with van der Waals surface area (Å²) in [7, 11) is 0.495. The van der Waals surface area contributed by atoms with Crippen molar-refractivity contribution in [1.82, 2.24) is 15.5 Å². The van der Waals surface area contributed by atoms with Gasteiger partial charge in [-0.3, -0.25) is 0 Å². The molecule has 11 heteroatoms. The Bertz CT molecular complexity index is 879. The average molecular weight is 475 g/mol. The lowest BCUT2D eigenvalue weighted by Crippen LogP contribution is -2.42. The molecule has 0 saturated heterocycles. The molecule has 1 unspecified atom stereocenters. The zero-order valence-electron chi connectivity index (χ0n) is 17.8. The van der Waals surface area contributed by atoms with Gasteiger partial charge in [-0.25, -0.2) is 8.42 Å². The van der Waals surface area contributed by atoms with Crippen LogP contribution in [0.25, 0.3) is 0 Å². The average Bonchev–Trinajstić information content (AvgIpc) is 3.29. The molecule has 30 heavy (non-hydrogen) atoms. The van der Waals surface area contributed by atoms with E-state index in [1.165, 1.54) is 0 Å². The first kappa shape index (κ1) is 24.7. The van der Waals surface area contributed by atoms with Crippen molar-refractivity contribution in [2.24, 2.45) is 4.40 Å². The van der Waals surface area contributed by atoms with Crippen molar-refractivity contribution in [3.63, 3.8) is 0 Å². The normalized spacial score (nSPS) is 13.6. The molecular formula is C19H30N4O4S3. The fourth-order valence-electron chi connectivity index (χ4n) is 2.42. The van der Waals surface area contributed by atoms with Crippen molar-refractivity contribution in [1.29, 1.82) is 0 Å². The molecule has 0 aliphatic heterocycles. The van der Waals surface area contributed by atoms with E-state index in [0.29, 0.717) is 12.3 Å². The van der Waals surface area contributed by atoms with Crippen molar-refractivity contribution in [2.45, 2.75) is 30.3 Å². The van der Waals surface area contributed by atoms with E-state index in [-0.39, 0.29) is 11.3 Å². The number of rotatable bonds is 12. The molecule has 8 nitrogen and oxygen atoms in total. The standard InChI is InChI=1S/C19H30N4O4S3/c1-15(29-14-17-6-5-10-26-17)21-19(22-30(4,24)25)20-9-11-28-13-18-8-7-16(27-18)12-23(2)3/h5-8,10,15H,9,11-14H2,1-4H3,(H2,20,21,22). The van der Waals surface area contributed by atoms with Gasteiger partial charge in [0.2, 0.25) is 5.96 Å². The van der Waals surface area contributed by atoms with E-state index in [2.05, 4.69) is 19.9 Å². The van der Waals surface area contributed by atoms with E-state index in [1.807, 2.05) is 45.3 Å². The Kier molecular flexibility index (Phi) is 10.2. The van der Waals surface area contributed by atoms with Gasteiger partial charge in [-0.15, -0.1) is 16.2 Å². The van der Waals surface area contributed by atoms with Crippen molar-refractivity contribution in [3.8, 4) is 0 Å². The Hall–Kier alpha value is -1.56. The van der Waals surface area contributed by atoms with Gasteiger partial charge >= 0.3 is 0 Å². The molecular weight excluding hydrogens is 444 g/mol. The minimum Gasteiger partial charge on any atom is -0.468 e. The maximum Gasteiger partial charge on any atom is 0.253 e. The summed E-state index contributed by atoms with van der Waals surface area (Å²) in [6.07, 6.45) is 2.71. The number of sulfonamides is 1. The highest BCUT2D eigenvalue weighted by Crippen LogP contribution is 2.17. The molecule has 2 heterocycles. The van der Waals surface area contributed by atoms with E-state index < -0.39 is 10.0 Å². The predicted molar refractivity (Wildman–Crippen MR) is 125 cm³/mol. The molecule has 0 fully saturated rings. The van der Waals surface area contributed by atoms with Crippen molar-refractivity contribution in [3.05, 3.63) is 47.8 Å². The third-order valence-electron chi connectivity index (χ3n) is 3.63. The highest BCUT2D eigenvalue weighted by atomic mass is 32.2. The third kappa shape index (κ3) is 10.5. The molecule has 0 bridgehead atoms. The van der Waals surface area contributed by atoms with Crippen LogP contribution in [0, 0.1) is 0 Å². The molecule has 168 valence electrons. The van der Waals surface area contributed by atoms with E-state index in [1.54, 1.807) is 29.8 Å². The second-order valence-corrected chi connectivity index (χ2v) is 11.0. The van der Waals surface area contributed by atoms with Crippen molar-refractivity contribution < 1.29 is 17.3 Å². The van der Waals surface area contributed by atoms with Crippen LogP contribution in [0.1, 0.15) is 24.2 Å². The molecule has 0 radical (unpaired) electrons. The van der Waals surface area contributed by atoms with Crippen LogP contribution in [-0.2, 0) is 28.1 Å². The summed E-state index contributed by atoms with van der Waals surface area (Å²) in [6, 6.07) is 7.74. The molecule has 0 spiro atoms. The van der Waals surface area contributed by atoms with Gasteiger partial charge in [-0.1, -0.05) is 0 Å². The summed E-state index contributed by atoms with van der Waals surface area (Å²) in [5, 5.41) is 6.15. The van der Waals surface area contributed by atoms with Crippen molar-refractivity contribution in [2.75, 3.05) is 32.6 Å². The van der Waals surface area contributed by atoms with Crippen LogP contribution in [-0.4, -0.2) is 57.3 Å². The predicted octanol–water partition coefficient (Wildman–Crippen LogP) is 2.94. The molecule has 0 saturated carbocycles. The quantitative estimate of drug-likeness (QED) is 0.208. The zero-order chi connectivity index (χ0) is 22.0. The minimum atomic E-state index is -3.51. The van der Waals surface area contributed by atoms with Gasteiger partial charge in [0.1, 0.15) is 17.3 Å². The lowest BCUT2D eigenvalue weighted by molar-refractivity contribution is 0.344. The molecule has 0 aromatic carbocycles. The largest absolute Gasteiger partial charge is 0.468 e. The number of nitrogens with zero attached hydrogens (tertiary/aromatic N) is 2. The first-order chi connectivity index (χ1) is 14.2. The van der Waals surface area contributed by atoms with E-state index in [4.69, 9.17) is 8.83 Å². The highest BCUT2D eigenvalue weighted by Gasteiger charge is 2.10. The molecule has 0 aliphatic carbocycles. The molecule has 0 aliphatic rings. The summed E-state index contributed by atoms with van der Waals surface area (Å²) in [5.41, 5.74) is 0. The van der Waals surface area contributed by atoms with Crippen molar-refractivity contribution >= 4 is 39.5 Å². The number of hydrogen-bond acceptors (Lipinski definition) is 7. The summed E-state index contributed by atoms with van der Waals surface area (Å²) in [4.78, 5) is 2.06. The molecule has 2 rings (SSSR count). The van der Waals surface area contributed by atoms with Gasteiger partial charge in [0, 0.05) is 12.3 Å². The molecule has 1 atom stereocenters. The third-order valence-corrected chi connectivity index (χ3v) is 6.19. The van der Waals surface area contributed by atoms with Gasteiger partial charge in [-0.2, -0.15) is 11.8 Å². The van der Waals surface area contributed by atoms with Crippen LogP contribution in [0.5, 0.6) is 0 Å². The maximum absolute atomic E-state index is 11.6. The minimum absolute atomic E-state index is 0.0472. The molecule has 2 aromatic heterocycles. The number of thioether (sulfide) groups is 2. The van der Waals surface area contributed by atoms with Gasteiger partial charge in [0.15, 0.2) is 0 Å². The van der Waals surface area contributed by atoms with Crippen LogP contribution < -0.4 is 10.6 Å². The van der Waals surface area contributed by atoms with Gasteiger partial charge < -0.3 is 24.4 Å². The van der Waals surface area contributed by atoms with E-state index >= 15 is 0 Å². The van der Waals surface area contributed by atoms with Gasteiger partial charge in [-0.05, 0) is 45.3 Å². The number of hydrogen-bond donors (Lipinski definition) is 2. The fraction of sp³-hybridized carbons (Fsp3) is 0.526.